The number of benzene rings is 1. The maximum absolute atomic E-state index is 12.6. The van der Waals surface area contributed by atoms with Crippen molar-refractivity contribution in [2.24, 2.45) is 0 Å². The van der Waals surface area contributed by atoms with E-state index in [0.29, 0.717) is 36.5 Å². The van der Waals surface area contributed by atoms with Gasteiger partial charge >= 0.3 is 0 Å². The predicted molar refractivity (Wildman–Crippen MR) is 91.8 cm³/mol. The molecule has 1 atom stereocenters. The fourth-order valence-electron chi connectivity index (χ4n) is 3.42. The second-order valence-electron chi connectivity index (χ2n) is 6.79. The highest BCUT2D eigenvalue weighted by Gasteiger charge is 2.29. The highest BCUT2D eigenvalue weighted by molar-refractivity contribution is 5.79. The summed E-state index contributed by atoms with van der Waals surface area (Å²) in [5, 5.41) is 3.94. The van der Waals surface area contributed by atoms with E-state index in [1.165, 1.54) is 0 Å². The fraction of sp³-hybridized carbons (Fsp3) is 0.500. The zero-order chi connectivity index (χ0) is 18.1. The van der Waals surface area contributed by atoms with Crippen LogP contribution in [0, 0.1) is 6.92 Å². The van der Waals surface area contributed by atoms with Crippen molar-refractivity contribution in [2.75, 3.05) is 26.9 Å². The molecule has 138 valence electrons. The molecule has 2 aliphatic rings. The number of likely N-dealkylation sites (N-methyl/N-ethyl adjacent to an activating group) is 1. The Labute approximate surface area is 151 Å². The van der Waals surface area contributed by atoms with Crippen LogP contribution in [0.15, 0.2) is 22.7 Å². The van der Waals surface area contributed by atoms with Gasteiger partial charge in [0.1, 0.15) is 0 Å². The summed E-state index contributed by atoms with van der Waals surface area (Å²) in [5.74, 6) is 2.83. The summed E-state index contributed by atoms with van der Waals surface area (Å²) in [7, 11) is 2.03. The van der Waals surface area contributed by atoms with Crippen molar-refractivity contribution in [1.82, 2.24) is 19.9 Å². The topological polar surface area (TPSA) is 80.9 Å². The molecule has 3 heterocycles. The largest absolute Gasteiger partial charge is 0.454 e. The summed E-state index contributed by atoms with van der Waals surface area (Å²) in [6, 6.07) is 5.97. The average molecular weight is 358 g/mol. The monoisotopic (exact) mass is 358 g/mol. The van der Waals surface area contributed by atoms with Crippen LogP contribution in [-0.4, -0.2) is 58.8 Å². The number of hydrogen-bond acceptors (Lipinski definition) is 7. The minimum atomic E-state index is 0.134. The Morgan fingerprint density at radius 2 is 2.19 bits per heavy atom. The number of fused-ring (bicyclic) bond motifs is 1. The molecule has 1 aromatic carbocycles. The Balaban J connectivity index is 1.32. The molecule has 26 heavy (non-hydrogen) atoms. The van der Waals surface area contributed by atoms with E-state index in [0.717, 1.165) is 30.8 Å². The maximum Gasteiger partial charge on any atom is 0.231 e. The molecule has 0 N–H and O–H groups in total. The Morgan fingerprint density at radius 1 is 1.35 bits per heavy atom. The molecular formula is C18H22N4O4. The van der Waals surface area contributed by atoms with Gasteiger partial charge in [-0.1, -0.05) is 11.2 Å². The van der Waals surface area contributed by atoms with Crippen molar-refractivity contribution in [3.63, 3.8) is 0 Å². The molecular weight excluding hydrogens is 336 g/mol. The number of amides is 1. The SMILES string of the molecule is Cc1nc(CN(C)C2CCN(C(=O)Cc3ccc4c(c3)OCO4)C2)no1. The second kappa shape index (κ2) is 6.95. The Bertz CT molecular complexity index is 806. The van der Waals surface area contributed by atoms with Gasteiger partial charge in [0.25, 0.3) is 0 Å². The normalized spacial score (nSPS) is 18.7. The first-order chi connectivity index (χ1) is 12.6. The molecule has 2 aliphatic heterocycles. The van der Waals surface area contributed by atoms with Crippen molar-refractivity contribution < 1.29 is 18.8 Å². The number of carbonyl (C=O) groups excluding carboxylic acids is 1. The van der Waals surface area contributed by atoms with Crippen LogP contribution in [0.1, 0.15) is 23.7 Å². The molecule has 0 aliphatic carbocycles. The summed E-state index contributed by atoms with van der Waals surface area (Å²) >= 11 is 0. The molecule has 1 aromatic heterocycles. The number of rotatable bonds is 5. The van der Waals surface area contributed by atoms with Crippen molar-refractivity contribution in [1.29, 1.82) is 0 Å². The van der Waals surface area contributed by atoms with Crippen LogP contribution < -0.4 is 9.47 Å². The van der Waals surface area contributed by atoms with Crippen LogP contribution in [0.2, 0.25) is 0 Å². The summed E-state index contributed by atoms with van der Waals surface area (Å²) < 4.78 is 15.7. The first kappa shape index (κ1) is 16.8. The number of nitrogens with zero attached hydrogens (tertiary/aromatic N) is 4. The van der Waals surface area contributed by atoms with Gasteiger partial charge in [-0.15, -0.1) is 0 Å². The number of hydrogen-bond donors (Lipinski definition) is 0. The standard InChI is InChI=1S/C18H22N4O4/c1-12-19-17(20-26-12)10-21(2)14-5-6-22(9-14)18(23)8-13-3-4-15-16(7-13)25-11-24-15/h3-4,7,14H,5-6,8-11H2,1-2H3. The van der Waals surface area contributed by atoms with E-state index in [9.17, 15) is 4.79 Å². The summed E-state index contributed by atoms with van der Waals surface area (Å²) in [6.45, 7) is 4.13. The maximum atomic E-state index is 12.6. The second-order valence-corrected chi connectivity index (χ2v) is 6.79. The van der Waals surface area contributed by atoms with E-state index >= 15 is 0 Å². The molecule has 4 rings (SSSR count). The van der Waals surface area contributed by atoms with Crippen molar-refractivity contribution in [3.05, 3.63) is 35.5 Å². The quantitative estimate of drug-likeness (QED) is 0.799. The summed E-state index contributed by atoms with van der Waals surface area (Å²) in [4.78, 5) is 21.0. The smallest absolute Gasteiger partial charge is 0.231 e. The van der Waals surface area contributed by atoms with Crippen LogP contribution in [0.3, 0.4) is 0 Å². The van der Waals surface area contributed by atoms with Gasteiger partial charge in [-0.25, -0.2) is 0 Å². The van der Waals surface area contributed by atoms with E-state index in [1.807, 2.05) is 30.1 Å². The first-order valence-electron chi connectivity index (χ1n) is 8.74. The average Bonchev–Trinajstić information content (AvgIpc) is 3.34. The molecule has 1 fully saturated rings. The van der Waals surface area contributed by atoms with Gasteiger partial charge in [-0.05, 0) is 31.2 Å². The van der Waals surface area contributed by atoms with Crippen LogP contribution in [0.5, 0.6) is 11.5 Å². The highest BCUT2D eigenvalue weighted by atomic mass is 16.7. The van der Waals surface area contributed by atoms with Gasteiger partial charge in [0.15, 0.2) is 17.3 Å². The molecule has 8 heteroatoms. The predicted octanol–water partition coefficient (Wildman–Crippen LogP) is 1.38. The van der Waals surface area contributed by atoms with E-state index in [-0.39, 0.29) is 12.7 Å². The van der Waals surface area contributed by atoms with Crippen LogP contribution in [0.25, 0.3) is 0 Å². The molecule has 1 saturated heterocycles. The van der Waals surface area contributed by atoms with E-state index in [1.54, 1.807) is 6.92 Å². The van der Waals surface area contributed by atoms with Crippen LogP contribution in [-0.2, 0) is 17.8 Å². The number of aromatic nitrogens is 2. The van der Waals surface area contributed by atoms with Crippen LogP contribution >= 0.6 is 0 Å². The fourth-order valence-corrected chi connectivity index (χ4v) is 3.42. The van der Waals surface area contributed by atoms with Gasteiger partial charge in [-0.2, -0.15) is 4.98 Å². The molecule has 0 radical (unpaired) electrons. The van der Waals surface area contributed by atoms with Gasteiger partial charge in [0, 0.05) is 26.1 Å². The molecule has 0 bridgehead atoms. The van der Waals surface area contributed by atoms with Gasteiger partial charge in [-0.3, -0.25) is 9.69 Å². The molecule has 2 aromatic rings. The Kier molecular flexibility index (Phi) is 4.50. The number of ether oxygens (including phenoxy) is 2. The zero-order valence-electron chi connectivity index (χ0n) is 15.0. The number of likely N-dealkylation sites (tertiary alicyclic amines) is 1. The van der Waals surface area contributed by atoms with Crippen molar-refractivity contribution in [3.8, 4) is 11.5 Å². The summed E-state index contributed by atoms with van der Waals surface area (Å²) in [5.41, 5.74) is 0.943. The lowest BCUT2D eigenvalue weighted by Crippen LogP contribution is -2.36. The van der Waals surface area contributed by atoms with Gasteiger partial charge < -0.3 is 18.9 Å². The lowest BCUT2D eigenvalue weighted by molar-refractivity contribution is -0.129. The third kappa shape index (κ3) is 3.50. The van der Waals surface area contributed by atoms with Gasteiger partial charge in [0.2, 0.25) is 18.6 Å². The van der Waals surface area contributed by atoms with E-state index in [2.05, 4.69) is 15.0 Å². The Morgan fingerprint density at radius 3 is 3.00 bits per heavy atom. The molecule has 0 spiro atoms. The molecule has 8 nitrogen and oxygen atoms in total. The number of aryl methyl sites for hydroxylation is 1. The highest BCUT2D eigenvalue weighted by Crippen LogP contribution is 2.32. The summed E-state index contributed by atoms with van der Waals surface area (Å²) in [6.07, 6.45) is 1.32. The lowest BCUT2D eigenvalue weighted by Gasteiger charge is -2.23. The molecule has 0 saturated carbocycles. The minimum Gasteiger partial charge on any atom is -0.454 e. The van der Waals surface area contributed by atoms with Crippen molar-refractivity contribution >= 4 is 5.91 Å². The first-order valence-corrected chi connectivity index (χ1v) is 8.74. The molecule has 1 amide bonds. The van der Waals surface area contributed by atoms with Crippen LogP contribution in [0.4, 0.5) is 0 Å². The lowest BCUT2D eigenvalue weighted by atomic mass is 10.1. The third-order valence-electron chi connectivity index (χ3n) is 4.89. The Hall–Kier alpha value is -2.61. The van der Waals surface area contributed by atoms with E-state index in [4.69, 9.17) is 14.0 Å². The minimum absolute atomic E-state index is 0.134. The molecule has 1 unspecified atom stereocenters. The third-order valence-corrected chi connectivity index (χ3v) is 4.89. The number of carbonyl (C=O) groups is 1. The van der Waals surface area contributed by atoms with E-state index < -0.39 is 0 Å². The van der Waals surface area contributed by atoms with Gasteiger partial charge in [0.05, 0.1) is 13.0 Å². The zero-order valence-corrected chi connectivity index (χ0v) is 15.0. The van der Waals surface area contributed by atoms with Crippen molar-refractivity contribution in [2.45, 2.75) is 32.4 Å².